The quantitative estimate of drug-likeness (QED) is 0.770. The summed E-state index contributed by atoms with van der Waals surface area (Å²) in [6.45, 7) is 2.87. The van der Waals surface area contributed by atoms with Gasteiger partial charge >= 0.3 is 0 Å². The highest BCUT2D eigenvalue weighted by Crippen LogP contribution is 2.21. The van der Waals surface area contributed by atoms with E-state index in [4.69, 9.17) is 11.6 Å². The van der Waals surface area contributed by atoms with Crippen LogP contribution in [-0.4, -0.2) is 16.5 Å². The number of rotatable bonds is 2. The molecule has 0 aliphatic heterocycles. The van der Waals surface area contributed by atoms with Gasteiger partial charge < -0.3 is 5.32 Å². The van der Waals surface area contributed by atoms with Crippen LogP contribution in [0.4, 0.5) is 5.82 Å². The standard InChI is InChI=1S/C10H10ClN3/c1-2-12-10-8-6-14-9(11)5-7(8)3-4-13-10/h3-6H,2H2,1H3,(H,12,13). The lowest BCUT2D eigenvalue weighted by atomic mass is 10.2. The van der Waals surface area contributed by atoms with Gasteiger partial charge in [-0.1, -0.05) is 11.6 Å². The summed E-state index contributed by atoms with van der Waals surface area (Å²) in [5.41, 5.74) is 0. The maximum absolute atomic E-state index is 5.80. The third kappa shape index (κ3) is 1.63. The molecule has 3 nitrogen and oxygen atoms in total. The van der Waals surface area contributed by atoms with E-state index in [1.54, 1.807) is 12.4 Å². The van der Waals surface area contributed by atoms with E-state index < -0.39 is 0 Å². The lowest BCUT2D eigenvalue weighted by molar-refractivity contribution is 1.17. The fourth-order valence-corrected chi connectivity index (χ4v) is 1.52. The van der Waals surface area contributed by atoms with Crippen LogP contribution in [0.2, 0.25) is 5.15 Å². The number of anilines is 1. The summed E-state index contributed by atoms with van der Waals surface area (Å²) in [4.78, 5) is 8.27. The molecule has 14 heavy (non-hydrogen) atoms. The number of nitrogens with one attached hydrogen (secondary N) is 1. The molecule has 72 valence electrons. The Morgan fingerprint density at radius 1 is 1.43 bits per heavy atom. The molecule has 0 atom stereocenters. The van der Waals surface area contributed by atoms with Gasteiger partial charge in [0, 0.05) is 24.3 Å². The van der Waals surface area contributed by atoms with Gasteiger partial charge in [0.05, 0.1) is 0 Å². The second-order valence-corrected chi connectivity index (χ2v) is 3.31. The van der Waals surface area contributed by atoms with E-state index in [0.29, 0.717) is 5.15 Å². The second kappa shape index (κ2) is 3.80. The summed E-state index contributed by atoms with van der Waals surface area (Å²) in [5.74, 6) is 0.856. The molecule has 0 bridgehead atoms. The van der Waals surface area contributed by atoms with Gasteiger partial charge in [-0.15, -0.1) is 0 Å². The van der Waals surface area contributed by atoms with Crippen molar-refractivity contribution in [2.24, 2.45) is 0 Å². The van der Waals surface area contributed by atoms with Crippen molar-refractivity contribution >= 4 is 28.2 Å². The van der Waals surface area contributed by atoms with Gasteiger partial charge in [0.15, 0.2) is 0 Å². The number of pyridine rings is 2. The Morgan fingerprint density at radius 3 is 3.07 bits per heavy atom. The van der Waals surface area contributed by atoms with Crippen LogP contribution in [0, 0.1) is 0 Å². The largest absolute Gasteiger partial charge is 0.370 e. The zero-order valence-electron chi connectivity index (χ0n) is 7.79. The van der Waals surface area contributed by atoms with Crippen molar-refractivity contribution in [2.75, 3.05) is 11.9 Å². The zero-order valence-corrected chi connectivity index (χ0v) is 8.54. The molecule has 2 aromatic heterocycles. The van der Waals surface area contributed by atoms with Gasteiger partial charge in [-0.2, -0.15) is 0 Å². The summed E-state index contributed by atoms with van der Waals surface area (Å²) in [6.07, 6.45) is 3.50. The summed E-state index contributed by atoms with van der Waals surface area (Å²) < 4.78 is 0. The smallest absolute Gasteiger partial charge is 0.135 e. The molecule has 0 unspecified atom stereocenters. The van der Waals surface area contributed by atoms with E-state index in [-0.39, 0.29) is 0 Å². The molecule has 0 amide bonds. The zero-order chi connectivity index (χ0) is 9.97. The average molecular weight is 208 g/mol. The molecule has 0 spiro atoms. The molecule has 0 aliphatic carbocycles. The van der Waals surface area contributed by atoms with Crippen LogP contribution in [-0.2, 0) is 0 Å². The molecule has 0 aromatic carbocycles. The van der Waals surface area contributed by atoms with Crippen LogP contribution in [0.5, 0.6) is 0 Å². The van der Waals surface area contributed by atoms with Crippen LogP contribution >= 0.6 is 11.6 Å². The van der Waals surface area contributed by atoms with E-state index in [9.17, 15) is 0 Å². The Balaban J connectivity index is 2.62. The van der Waals surface area contributed by atoms with Crippen LogP contribution in [0.3, 0.4) is 0 Å². The minimum absolute atomic E-state index is 0.506. The highest BCUT2D eigenvalue weighted by molar-refractivity contribution is 6.30. The third-order valence-corrected chi connectivity index (χ3v) is 2.17. The summed E-state index contributed by atoms with van der Waals surface area (Å²) in [7, 11) is 0. The topological polar surface area (TPSA) is 37.8 Å². The van der Waals surface area contributed by atoms with Gasteiger partial charge in [0.2, 0.25) is 0 Å². The maximum atomic E-state index is 5.80. The SMILES string of the molecule is CCNc1nccc2cc(Cl)ncc12. The first kappa shape index (κ1) is 9.21. The summed E-state index contributed by atoms with van der Waals surface area (Å²) in [5, 5.41) is 5.73. The number of aromatic nitrogens is 2. The van der Waals surface area contributed by atoms with E-state index in [0.717, 1.165) is 23.1 Å². The molecule has 0 saturated heterocycles. The van der Waals surface area contributed by atoms with Crippen LogP contribution < -0.4 is 5.32 Å². The first-order chi connectivity index (χ1) is 6.81. The summed E-state index contributed by atoms with van der Waals surface area (Å²) >= 11 is 5.80. The van der Waals surface area contributed by atoms with Gasteiger partial charge in [0.1, 0.15) is 11.0 Å². The molecule has 2 rings (SSSR count). The summed E-state index contributed by atoms with van der Waals surface area (Å²) in [6, 6.07) is 3.75. The molecular formula is C10H10ClN3. The Hall–Kier alpha value is -1.35. The van der Waals surface area contributed by atoms with E-state index in [1.165, 1.54) is 0 Å². The van der Waals surface area contributed by atoms with Crippen molar-refractivity contribution < 1.29 is 0 Å². The minimum Gasteiger partial charge on any atom is -0.370 e. The first-order valence-electron chi connectivity index (χ1n) is 4.45. The first-order valence-corrected chi connectivity index (χ1v) is 4.83. The Kier molecular flexibility index (Phi) is 2.50. The highest BCUT2D eigenvalue weighted by Gasteiger charge is 2.01. The molecule has 0 saturated carbocycles. The Labute approximate surface area is 87.1 Å². The van der Waals surface area contributed by atoms with Crippen molar-refractivity contribution in [3.8, 4) is 0 Å². The Morgan fingerprint density at radius 2 is 2.29 bits per heavy atom. The van der Waals surface area contributed by atoms with Crippen molar-refractivity contribution in [2.45, 2.75) is 6.92 Å². The van der Waals surface area contributed by atoms with Crippen LogP contribution in [0.25, 0.3) is 10.8 Å². The fraction of sp³-hybridized carbons (Fsp3) is 0.200. The van der Waals surface area contributed by atoms with Crippen molar-refractivity contribution in [3.05, 3.63) is 29.7 Å². The molecule has 2 heterocycles. The predicted molar refractivity (Wildman–Crippen MR) is 58.7 cm³/mol. The number of hydrogen-bond acceptors (Lipinski definition) is 3. The molecule has 4 heteroatoms. The average Bonchev–Trinajstić information content (AvgIpc) is 2.18. The van der Waals surface area contributed by atoms with Crippen molar-refractivity contribution in [1.29, 1.82) is 0 Å². The number of hydrogen-bond donors (Lipinski definition) is 1. The molecule has 0 aliphatic rings. The molecular weight excluding hydrogens is 198 g/mol. The molecule has 0 fully saturated rings. The van der Waals surface area contributed by atoms with E-state index in [2.05, 4.69) is 15.3 Å². The maximum Gasteiger partial charge on any atom is 0.135 e. The molecule has 0 radical (unpaired) electrons. The van der Waals surface area contributed by atoms with Gasteiger partial charge in [-0.25, -0.2) is 9.97 Å². The van der Waals surface area contributed by atoms with Crippen molar-refractivity contribution in [3.63, 3.8) is 0 Å². The molecule has 2 aromatic rings. The van der Waals surface area contributed by atoms with Gasteiger partial charge in [-0.05, 0) is 24.4 Å². The number of halogens is 1. The second-order valence-electron chi connectivity index (χ2n) is 2.92. The lowest BCUT2D eigenvalue weighted by Crippen LogP contribution is -1.99. The van der Waals surface area contributed by atoms with E-state index >= 15 is 0 Å². The van der Waals surface area contributed by atoms with E-state index in [1.807, 2.05) is 19.1 Å². The van der Waals surface area contributed by atoms with Gasteiger partial charge in [-0.3, -0.25) is 0 Å². The number of nitrogens with zero attached hydrogens (tertiary/aromatic N) is 2. The minimum atomic E-state index is 0.506. The predicted octanol–water partition coefficient (Wildman–Crippen LogP) is 2.72. The van der Waals surface area contributed by atoms with Crippen LogP contribution in [0.15, 0.2) is 24.5 Å². The fourth-order valence-electron chi connectivity index (χ4n) is 1.35. The molecule has 1 N–H and O–H groups in total. The highest BCUT2D eigenvalue weighted by atomic mass is 35.5. The van der Waals surface area contributed by atoms with Crippen molar-refractivity contribution in [1.82, 2.24) is 9.97 Å². The number of fused-ring (bicyclic) bond motifs is 1. The van der Waals surface area contributed by atoms with Gasteiger partial charge in [0.25, 0.3) is 0 Å². The normalized spacial score (nSPS) is 10.4. The lowest BCUT2D eigenvalue weighted by Gasteiger charge is -2.05. The van der Waals surface area contributed by atoms with Crippen LogP contribution in [0.1, 0.15) is 6.92 Å². The third-order valence-electron chi connectivity index (χ3n) is 1.96. The monoisotopic (exact) mass is 207 g/mol. The Bertz CT molecular complexity index is 456.